The summed E-state index contributed by atoms with van der Waals surface area (Å²) in [5.41, 5.74) is 0. The van der Waals surface area contributed by atoms with Gasteiger partial charge in [-0.3, -0.25) is 4.79 Å². The van der Waals surface area contributed by atoms with Crippen LogP contribution in [0.4, 0.5) is 0 Å². The summed E-state index contributed by atoms with van der Waals surface area (Å²) < 4.78 is 10.6. The zero-order chi connectivity index (χ0) is 26.6. The van der Waals surface area contributed by atoms with Crippen molar-refractivity contribution in [3.8, 4) is 0 Å². The van der Waals surface area contributed by atoms with Crippen LogP contribution in [0.15, 0.2) is 48.6 Å². The molecule has 9 heteroatoms. The Labute approximate surface area is 214 Å². The van der Waals surface area contributed by atoms with Crippen molar-refractivity contribution in [1.82, 2.24) is 0 Å². The van der Waals surface area contributed by atoms with E-state index in [9.17, 15) is 30.3 Å². The van der Waals surface area contributed by atoms with Gasteiger partial charge in [-0.15, -0.1) is 0 Å². The summed E-state index contributed by atoms with van der Waals surface area (Å²) >= 11 is 0. The van der Waals surface area contributed by atoms with E-state index >= 15 is 0 Å². The van der Waals surface area contributed by atoms with Gasteiger partial charge >= 0.3 is 5.97 Å². The van der Waals surface area contributed by atoms with Gasteiger partial charge in [0.25, 0.3) is 0 Å². The molecule has 0 saturated carbocycles. The first kappa shape index (κ1) is 32.2. The maximum absolute atomic E-state index is 10.4. The Bertz CT molecular complexity index is 687. The third-order valence-corrected chi connectivity index (χ3v) is 5.70. The lowest BCUT2D eigenvalue weighted by molar-refractivity contribution is -0.304. The van der Waals surface area contributed by atoms with Crippen molar-refractivity contribution in [1.29, 1.82) is 0 Å². The Kier molecular flexibility index (Phi) is 18.1. The molecule has 0 aromatic carbocycles. The van der Waals surface area contributed by atoms with Crippen molar-refractivity contribution in [3.05, 3.63) is 48.6 Å². The van der Waals surface area contributed by atoms with Gasteiger partial charge in [-0.2, -0.15) is 0 Å². The van der Waals surface area contributed by atoms with E-state index in [1.165, 1.54) is 0 Å². The van der Waals surface area contributed by atoms with Gasteiger partial charge in [-0.25, -0.2) is 0 Å². The Morgan fingerprint density at radius 3 is 1.92 bits per heavy atom. The topological polar surface area (TPSA) is 157 Å². The SMILES string of the molecule is O=C(O)CCCC/C=C\C/C=C\C/C=C\C/C=C\CCC[C@@H](O)CO[C@@H]1O[C@H](CO)[C@H](O)[C@H](O)[C@H]1O. The second-order valence-electron chi connectivity index (χ2n) is 8.85. The molecule has 0 unspecified atom stereocenters. The van der Waals surface area contributed by atoms with Gasteiger partial charge in [0.15, 0.2) is 6.29 Å². The average Bonchev–Trinajstić information content (AvgIpc) is 2.86. The van der Waals surface area contributed by atoms with Crippen LogP contribution >= 0.6 is 0 Å². The number of rotatable bonds is 19. The van der Waals surface area contributed by atoms with Crippen molar-refractivity contribution < 1.29 is 44.9 Å². The van der Waals surface area contributed by atoms with Gasteiger partial charge in [0, 0.05) is 6.42 Å². The van der Waals surface area contributed by atoms with Gasteiger partial charge in [0.2, 0.25) is 0 Å². The van der Waals surface area contributed by atoms with Crippen LogP contribution in [0.1, 0.15) is 64.2 Å². The number of hydrogen-bond donors (Lipinski definition) is 6. The number of aliphatic hydroxyl groups is 5. The molecule has 0 aliphatic carbocycles. The van der Waals surface area contributed by atoms with Crippen molar-refractivity contribution in [2.24, 2.45) is 0 Å². The van der Waals surface area contributed by atoms with Gasteiger partial charge in [-0.1, -0.05) is 48.6 Å². The van der Waals surface area contributed by atoms with Crippen LogP contribution in [0.25, 0.3) is 0 Å². The minimum absolute atomic E-state index is 0.0920. The van der Waals surface area contributed by atoms with E-state index in [4.69, 9.17) is 14.6 Å². The lowest BCUT2D eigenvalue weighted by atomic mass is 9.99. The molecule has 0 aromatic rings. The molecule has 0 spiro atoms. The molecule has 1 fully saturated rings. The molecular weight excluding hydrogens is 468 g/mol. The lowest BCUT2D eigenvalue weighted by Gasteiger charge is -2.39. The molecule has 1 saturated heterocycles. The summed E-state index contributed by atoms with van der Waals surface area (Å²) in [5.74, 6) is -0.735. The summed E-state index contributed by atoms with van der Waals surface area (Å²) in [5, 5.41) is 57.2. The maximum Gasteiger partial charge on any atom is 0.303 e. The average molecular weight is 513 g/mol. The normalized spacial score (nSPS) is 26.1. The molecule has 0 aromatic heterocycles. The summed E-state index contributed by atoms with van der Waals surface area (Å²) in [7, 11) is 0. The maximum atomic E-state index is 10.4. The standard InChI is InChI=1S/C27H44O9/c28-19-22-24(32)25(33)26(34)27(36-22)35-20-21(29)17-15-13-11-9-7-5-3-1-2-4-6-8-10-12-14-16-18-23(30)31/h2-5,8-11,21-22,24-29,32-34H,1,6-7,12-20H2,(H,30,31)/b4-2-,5-3-,10-8-,11-9-/t21-,22-,24+,25+,26-,27-/m1/s1. The molecule has 0 bridgehead atoms. The van der Waals surface area contributed by atoms with Crippen LogP contribution in [0.2, 0.25) is 0 Å². The highest BCUT2D eigenvalue weighted by molar-refractivity contribution is 5.66. The summed E-state index contributed by atoms with van der Waals surface area (Å²) in [4.78, 5) is 10.4. The fourth-order valence-electron chi connectivity index (χ4n) is 3.55. The van der Waals surface area contributed by atoms with E-state index < -0.39 is 49.4 Å². The highest BCUT2D eigenvalue weighted by atomic mass is 16.7. The first-order valence-corrected chi connectivity index (χ1v) is 12.8. The molecule has 1 aliphatic heterocycles. The molecule has 206 valence electrons. The number of hydrogen-bond acceptors (Lipinski definition) is 8. The fraction of sp³-hybridized carbons (Fsp3) is 0.667. The second kappa shape index (κ2) is 20.2. The number of carbonyl (C=O) groups is 1. The van der Waals surface area contributed by atoms with E-state index in [0.717, 1.165) is 51.4 Å². The van der Waals surface area contributed by atoms with Crippen molar-refractivity contribution in [2.75, 3.05) is 13.2 Å². The van der Waals surface area contributed by atoms with Gasteiger partial charge in [0.05, 0.1) is 19.3 Å². The van der Waals surface area contributed by atoms with E-state index in [-0.39, 0.29) is 13.0 Å². The Hall–Kier alpha value is -1.85. The Morgan fingerprint density at radius 2 is 1.36 bits per heavy atom. The molecule has 0 radical (unpaired) electrons. The van der Waals surface area contributed by atoms with Crippen LogP contribution < -0.4 is 0 Å². The molecule has 36 heavy (non-hydrogen) atoms. The molecule has 1 aliphatic rings. The summed E-state index contributed by atoms with van der Waals surface area (Å²) in [6.07, 6.45) is 16.8. The number of aliphatic carboxylic acids is 1. The molecule has 6 N–H and O–H groups in total. The van der Waals surface area contributed by atoms with Crippen LogP contribution in [-0.4, -0.2) is 86.6 Å². The third kappa shape index (κ3) is 14.6. The van der Waals surface area contributed by atoms with E-state index in [1.807, 2.05) is 0 Å². The zero-order valence-electron chi connectivity index (χ0n) is 21.0. The molecular formula is C27H44O9. The number of carboxylic acids is 1. The van der Waals surface area contributed by atoms with Crippen LogP contribution in [-0.2, 0) is 14.3 Å². The monoisotopic (exact) mass is 512 g/mol. The van der Waals surface area contributed by atoms with Crippen LogP contribution in [0.3, 0.4) is 0 Å². The first-order valence-electron chi connectivity index (χ1n) is 12.8. The third-order valence-electron chi connectivity index (χ3n) is 5.70. The number of carboxylic acid groups (broad SMARTS) is 1. The predicted octanol–water partition coefficient (Wildman–Crippen LogP) is 2.37. The molecule has 9 nitrogen and oxygen atoms in total. The van der Waals surface area contributed by atoms with E-state index in [0.29, 0.717) is 6.42 Å². The molecule has 1 heterocycles. The van der Waals surface area contributed by atoms with Gasteiger partial charge in [-0.05, 0) is 57.8 Å². The molecule has 6 atom stereocenters. The Morgan fingerprint density at radius 1 is 0.806 bits per heavy atom. The van der Waals surface area contributed by atoms with Crippen molar-refractivity contribution >= 4 is 5.97 Å². The van der Waals surface area contributed by atoms with Gasteiger partial charge in [0.1, 0.15) is 24.4 Å². The highest BCUT2D eigenvalue weighted by Gasteiger charge is 2.44. The smallest absolute Gasteiger partial charge is 0.303 e. The first-order chi connectivity index (χ1) is 17.4. The lowest BCUT2D eigenvalue weighted by Crippen LogP contribution is -2.59. The van der Waals surface area contributed by atoms with Crippen molar-refractivity contribution in [3.63, 3.8) is 0 Å². The zero-order valence-corrected chi connectivity index (χ0v) is 21.0. The predicted molar refractivity (Wildman–Crippen MR) is 136 cm³/mol. The van der Waals surface area contributed by atoms with Crippen LogP contribution in [0.5, 0.6) is 0 Å². The number of unbranched alkanes of at least 4 members (excludes halogenated alkanes) is 3. The van der Waals surface area contributed by atoms with E-state index in [1.54, 1.807) is 0 Å². The largest absolute Gasteiger partial charge is 0.481 e. The molecule has 0 amide bonds. The minimum Gasteiger partial charge on any atom is -0.481 e. The van der Waals surface area contributed by atoms with Crippen LogP contribution in [0, 0.1) is 0 Å². The quantitative estimate of drug-likeness (QED) is 0.113. The van der Waals surface area contributed by atoms with Gasteiger partial charge < -0.3 is 40.1 Å². The highest BCUT2D eigenvalue weighted by Crippen LogP contribution is 2.22. The molecule has 1 rings (SSSR count). The number of aliphatic hydroxyl groups excluding tert-OH is 5. The second-order valence-corrected chi connectivity index (χ2v) is 8.85. The minimum atomic E-state index is -1.50. The number of allylic oxidation sites excluding steroid dienone is 8. The van der Waals surface area contributed by atoms with Crippen molar-refractivity contribution in [2.45, 2.75) is 101 Å². The number of ether oxygens (including phenoxy) is 2. The Balaban J connectivity index is 2.03. The van der Waals surface area contributed by atoms with E-state index in [2.05, 4.69) is 48.6 Å². The summed E-state index contributed by atoms with van der Waals surface area (Å²) in [6.45, 7) is -0.617. The fourth-order valence-corrected chi connectivity index (χ4v) is 3.55. The summed E-state index contributed by atoms with van der Waals surface area (Å²) in [6, 6.07) is 0.